The van der Waals surface area contributed by atoms with Crippen molar-refractivity contribution in [1.29, 1.82) is 0 Å². The first-order valence-electron chi connectivity index (χ1n) is 19.0. The Labute approximate surface area is 324 Å². The average Bonchev–Trinajstić information content (AvgIpc) is 3.78. The van der Waals surface area contributed by atoms with Crippen LogP contribution in [0.2, 0.25) is 0 Å². The molecule has 0 radical (unpaired) electrons. The molecule has 2 heteroatoms. The summed E-state index contributed by atoms with van der Waals surface area (Å²) in [6.07, 6.45) is 0. The van der Waals surface area contributed by atoms with Crippen LogP contribution in [0.5, 0.6) is 0 Å². The predicted octanol–water partition coefficient (Wildman–Crippen LogP) is 14.7. The molecule has 2 aliphatic carbocycles. The van der Waals surface area contributed by atoms with E-state index in [0.29, 0.717) is 0 Å². The molecule has 1 spiro atoms. The summed E-state index contributed by atoms with van der Waals surface area (Å²) in [7, 11) is 0. The normalized spacial score (nSPS) is 15.0. The number of nitrogens with zero attached hydrogens (tertiary/aromatic N) is 1. The lowest BCUT2D eigenvalue weighted by Gasteiger charge is -2.41. The van der Waals surface area contributed by atoms with Gasteiger partial charge in [-0.05, 0) is 103 Å². The van der Waals surface area contributed by atoms with Gasteiger partial charge in [0.05, 0.1) is 15.8 Å². The Balaban J connectivity index is 1.22. The molecule has 0 bridgehead atoms. The molecule has 0 aliphatic heterocycles. The number of benzene rings is 9. The molecular formula is C53H33NS. The number of rotatable bonds is 4. The highest BCUT2D eigenvalue weighted by Gasteiger charge is 2.51. The first kappa shape index (κ1) is 30.7. The Bertz CT molecular complexity index is 3160. The van der Waals surface area contributed by atoms with E-state index in [0.717, 1.165) is 11.4 Å². The second kappa shape index (κ2) is 11.6. The molecule has 12 rings (SSSR count). The van der Waals surface area contributed by atoms with Gasteiger partial charge in [0.15, 0.2) is 0 Å². The van der Waals surface area contributed by atoms with Crippen LogP contribution >= 0.6 is 11.3 Å². The maximum Gasteiger partial charge on any atom is 0.0732 e. The number of para-hydroxylation sites is 1. The standard InChI is InChI=1S/C53H33NS/c1-3-15-34(16-4-1)38-31-29-35-17-13-23-43-40-21-8-11-26-46(40)53(51(38)50(35)43)45-25-10-7-20-39(45)41-32-30-37(33-47(41)53)54(36-18-5-2-6-19-36)48-27-14-24-44-42-22-9-12-28-49(42)55-52(44)48/h1-33H. The maximum atomic E-state index is 2.52. The van der Waals surface area contributed by atoms with Gasteiger partial charge in [-0.1, -0.05) is 164 Å². The lowest BCUT2D eigenvalue weighted by Crippen LogP contribution is -2.32. The number of hydrogen-bond donors (Lipinski definition) is 0. The first-order chi connectivity index (χ1) is 27.3. The third-order valence-electron chi connectivity index (χ3n) is 12.1. The Hall–Kier alpha value is -6.74. The van der Waals surface area contributed by atoms with E-state index in [2.05, 4.69) is 205 Å². The Morgan fingerprint density at radius 1 is 0.400 bits per heavy atom. The van der Waals surface area contributed by atoms with Gasteiger partial charge in [0.2, 0.25) is 0 Å². The minimum Gasteiger partial charge on any atom is -0.309 e. The summed E-state index contributed by atoms with van der Waals surface area (Å²) in [5, 5.41) is 5.21. The smallest absolute Gasteiger partial charge is 0.0732 e. The number of anilines is 3. The highest BCUT2D eigenvalue weighted by molar-refractivity contribution is 7.26. The van der Waals surface area contributed by atoms with Crippen molar-refractivity contribution in [3.05, 3.63) is 222 Å². The summed E-state index contributed by atoms with van der Waals surface area (Å²) < 4.78 is 2.60. The molecule has 1 aromatic heterocycles. The minimum absolute atomic E-state index is 0.566. The average molecular weight is 716 g/mol. The van der Waals surface area contributed by atoms with E-state index in [1.807, 2.05) is 11.3 Å². The molecule has 55 heavy (non-hydrogen) atoms. The van der Waals surface area contributed by atoms with Crippen molar-refractivity contribution in [2.45, 2.75) is 5.41 Å². The lowest BCUT2D eigenvalue weighted by atomic mass is 9.60. The van der Waals surface area contributed by atoms with E-state index in [-0.39, 0.29) is 0 Å². The van der Waals surface area contributed by atoms with Crippen LogP contribution in [0.25, 0.3) is 64.3 Å². The van der Waals surface area contributed by atoms with Gasteiger partial charge < -0.3 is 4.90 Å². The molecule has 1 unspecified atom stereocenters. The highest BCUT2D eigenvalue weighted by Crippen LogP contribution is 2.64. The molecule has 1 heterocycles. The van der Waals surface area contributed by atoms with Crippen LogP contribution in [-0.4, -0.2) is 0 Å². The van der Waals surface area contributed by atoms with Crippen molar-refractivity contribution >= 4 is 59.3 Å². The molecule has 1 nitrogen and oxygen atoms in total. The van der Waals surface area contributed by atoms with Crippen molar-refractivity contribution in [1.82, 2.24) is 0 Å². The van der Waals surface area contributed by atoms with Crippen molar-refractivity contribution < 1.29 is 0 Å². The van der Waals surface area contributed by atoms with Crippen LogP contribution in [0.4, 0.5) is 17.1 Å². The monoisotopic (exact) mass is 715 g/mol. The molecule has 0 N–H and O–H groups in total. The van der Waals surface area contributed by atoms with Crippen molar-refractivity contribution in [2.24, 2.45) is 0 Å². The molecule has 0 fully saturated rings. The van der Waals surface area contributed by atoms with Gasteiger partial charge in [0.25, 0.3) is 0 Å². The van der Waals surface area contributed by atoms with Gasteiger partial charge in [0.1, 0.15) is 0 Å². The molecule has 0 amide bonds. The van der Waals surface area contributed by atoms with Gasteiger partial charge in [-0.15, -0.1) is 11.3 Å². The van der Waals surface area contributed by atoms with Gasteiger partial charge in [0, 0.05) is 26.8 Å². The maximum absolute atomic E-state index is 2.52. The summed E-state index contributed by atoms with van der Waals surface area (Å²) in [6, 6.07) is 74.6. The van der Waals surface area contributed by atoms with E-state index in [4.69, 9.17) is 0 Å². The Morgan fingerprint density at radius 3 is 1.84 bits per heavy atom. The van der Waals surface area contributed by atoms with E-state index < -0.39 is 5.41 Å². The predicted molar refractivity (Wildman–Crippen MR) is 233 cm³/mol. The number of hydrogen-bond acceptors (Lipinski definition) is 2. The zero-order valence-corrected chi connectivity index (χ0v) is 30.7. The fourth-order valence-corrected chi connectivity index (χ4v) is 11.1. The molecule has 256 valence electrons. The topological polar surface area (TPSA) is 3.24 Å². The largest absolute Gasteiger partial charge is 0.309 e. The first-order valence-corrected chi connectivity index (χ1v) is 19.8. The highest BCUT2D eigenvalue weighted by atomic mass is 32.1. The molecule has 10 aromatic rings. The SMILES string of the molecule is c1ccc(-c2ccc3cccc4c3c2C2(c3ccccc3-c3ccc(N(c5ccccc5)c5cccc6c5sc5ccccc56)cc32)c2ccccc2-4)cc1. The van der Waals surface area contributed by atoms with Gasteiger partial charge in [-0.2, -0.15) is 0 Å². The second-order valence-corrected chi connectivity index (χ2v) is 15.8. The molecule has 0 saturated carbocycles. The van der Waals surface area contributed by atoms with Crippen LogP contribution in [0.15, 0.2) is 200 Å². The number of fused-ring (bicyclic) bond motifs is 12. The van der Waals surface area contributed by atoms with Crippen molar-refractivity contribution in [2.75, 3.05) is 4.90 Å². The van der Waals surface area contributed by atoms with E-state index in [1.165, 1.54) is 92.3 Å². The quantitative estimate of drug-likeness (QED) is 0.175. The zero-order chi connectivity index (χ0) is 36.1. The second-order valence-electron chi connectivity index (χ2n) is 14.8. The van der Waals surface area contributed by atoms with Crippen LogP contribution in [-0.2, 0) is 5.41 Å². The fourth-order valence-electron chi connectivity index (χ4n) is 9.91. The third kappa shape index (κ3) is 4.18. The van der Waals surface area contributed by atoms with Crippen LogP contribution in [0, 0.1) is 0 Å². The van der Waals surface area contributed by atoms with Crippen LogP contribution < -0.4 is 4.90 Å². The Morgan fingerprint density at radius 2 is 1.02 bits per heavy atom. The Kier molecular flexibility index (Phi) is 6.49. The third-order valence-corrected chi connectivity index (χ3v) is 13.3. The number of thiophene rings is 1. The van der Waals surface area contributed by atoms with E-state index in [1.54, 1.807) is 0 Å². The minimum atomic E-state index is -0.566. The molecular weight excluding hydrogens is 683 g/mol. The van der Waals surface area contributed by atoms with Gasteiger partial charge >= 0.3 is 0 Å². The summed E-state index contributed by atoms with van der Waals surface area (Å²) in [5.74, 6) is 0. The van der Waals surface area contributed by atoms with E-state index in [9.17, 15) is 0 Å². The fraction of sp³-hybridized carbons (Fsp3) is 0.0189. The van der Waals surface area contributed by atoms with E-state index >= 15 is 0 Å². The zero-order valence-electron chi connectivity index (χ0n) is 29.9. The summed E-state index contributed by atoms with van der Waals surface area (Å²) >= 11 is 1.88. The van der Waals surface area contributed by atoms with Crippen LogP contribution in [0.1, 0.15) is 22.3 Å². The summed E-state index contributed by atoms with van der Waals surface area (Å²) in [6.45, 7) is 0. The lowest BCUT2D eigenvalue weighted by molar-refractivity contribution is 0.775. The van der Waals surface area contributed by atoms with Gasteiger partial charge in [-0.25, -0.2) is 0 Å². The molecule has 2 aliphatic rings. The summed E-state index contributed by atoms with van der Waals surface area (Å²) in [4.78, 5) is 2.48. The molecule has 0 saturated heterocycles. The molecule has 9 aromatic carbocycles. The van der Waals surface area contributed by atoms with Crippen molar-refractivity contribution in [3.63, 3.8) is 0 Å². The summed E-state index contributed by atoms with van der Waals surface area (Å²) in [5.41, 5.74) is 16.0. The van der Waals surface area contributed by atoms with Crippen LogP contribution in [0.3, 0.4) is 0 Å². The molecule has 1 atom stereocenters. The van der Waals surface area contributed by atoms with Crippen molar-refractivity contribution in [3.8, 4) is 33.4 Å². The van der Waals surface area contributed by atoms with Gasteiger partial charge in [-0.3, -0.25) is 0 Å².